The van der Waals surface area contributed by atoms with Gasteiger partial charge in [-0.2, -0.15) is 0 Å². The Bertz CT molecular complexity index is 195. The summed E-state index contributed by atoms with van der Waals surface area (Å²) < 4.78 is 14.7. The number of hydrogen-bond acceptors (Lipinski definition) is 1. The topological polar surface area (TPSA) is 29.1 Å². The Morgan fingerprint density at radius 2 is 1.76 bits per heavy atom. The lowest BCUT2D eigenvalue weighted by atomic mass is 9.94. The van der Waals surface area contributed by atoms with Crippen molar-refractivity contribution < 1.29 is 4.21 Å². The molecule has 2 unspecified atom stereocenters. The van der Waals surface area contributed by atoms with Crippen LogP contribution in [0.2, 0.25) is 0 Å². The first-order valence-corrected chi connectivity index (χ1v) is 8.53. The molecule has 1 N–H and O–H groups in total. The van der Waals surface area contributed by atoms with Crippen LogP contribution in [0.5, 0.6) is 0 Å². The third kappa shape index (κ3) is 11.0. The summed E-state index contributed by atoms with van der Waals surface area (Å²) in [5, 5.41) is 0. The van der Waals surface area contributed by atoms with Gasteiger partial charge in [-0.1, -0.05) is 53.4 Å². The SMILES string of the molecule is CCCCC(CC)CCCNS(=O)CC(C)C. The Balaban J connectivity index is 3.50. The molecule has 0 saturated heterocycles. The molecule has 0 aliphatic rings. The highest BCUT2D eigenvalue weighted by Gasteiger charge is 2.06. The number of rotatable bonds is 11. The van der Waals surface area contributed by atoms with E-state index in [-0.39, 0.29) is 0 Å². The van der Waals surface area contributed by atoms with Crippen molar-refractivity contribution in [3.8, 4) is 0 Å². The predicted molar refractivity (Wildman–Crippen MR) is 78.4 cm³/mol. The zero-order chi connectivity index (χ0) is 13.1. The highest BCUT2D eigenvalue weighted by atomic mass is 32.2. The first-order valence-electron chi connectivity index (χ1n) is 7.21. The Hall–Kier alpha value is 0.110. The van der Waals surface area contributed by atoms with Crippen LogP contribution >= 0.6 is 0 Å². The monoisotopic (exact) mass is 261 g/mol. The van der Waals surface area contributed by atoms with Crippen LogP contribution in [0.15, 0.2) is 0 Å². The lowest BCUT2D eigenvalue weighted by Crippen LogP contribution is -2.23. The molecule has 17 heavy (non-hydrogen) atoms. The van der Waals surface area contributed by atoms with Crippen molar-refractivity contribution in [1.82, 2.24) is 4.72 Å². The first-order chi connectivity index (χ1) is 8.10. The first kappa shape index (κ1) is 17.1. The van der Waals surface area contributed by atoms with Gasteiger partial charge in [0.2, 0.25) is 0 Å². The zero-order valence-corrected chi connectivity index (χ0v) is 12.9. The molecule has 0 aromatic rings. The van der Waals surface area contributed by atoms with Gasteiger partial charge in [0.25, 0.3) is 0 Å². The molecule has 0 radical (unpaired) electrons. The fourth-order valence-electron chi connectivity index (χ4n) is 1.98. The summed E-state index contributed by atoms with van der Waals surface area (Å²) in [5.41, 5.74) is 0. The van der Waals surface area contributed by atoms with Gasteiger partial charge in [-0.05, 0) is 24.7 Å². The lowest BCUT2D eigenvalue weighted by molar-refractivity contribution is 0.410. The molecule has 0 amide bonds. The van der Waals surface area contributed by atoms with Crippen LogP contribution in [0.1, 0.15) is 66.2 Å². The van der Waals surface area contributed by atoms with Gasteiger partial charge in [0, 0.05) is 12.3 Å². The van der Waals surface area contributed by atoms with Gasteiger partial charge in [-0.3, -0.25) is 0 Å². The molecule has 104 valence electrons. The molecule has 2 atom stereocenters. The Labute approximate surface area is 111 Å². The van der Waals surface area contributed by atoms with Crippen LogP contribution in [0.25, 0.3) is 0 Å². The van der Waals surface area contributed by atoms with Crippen LogP contribution in [0, 0.1) is 11.8 Å². The second-order valence-corrected chi connectivity index (χ2v) is 6.67. The Kier molecular flexibility index (Phi) is 11.3. The molecule has 0 aromatic heterocycles. The summed E-state index contributed by atoms with van der Waals surface area (Å²) >= 11 is 0. The standard InChI is InChI=1S/C14H31NOS/c1-5-7-9-14(6-2)10-8-11-15-17(16)12-13(3)4/h13-15H,5-12H2,1-4H3. The minimum atomic E-state index is -0.822. The largest absolute Gasteiger partial charge is 0.243 e. The molecule has 0 rings (SSSR count). The normalized spacial score (nSPS) is 15.1. The molecule has 0 saturated carbocycles. The average Bonchev–Trinajstić information content (AvgIpc) is 2.27. The maximum atomic E-state index is 11.5. The van der Waals surface area contributed by atoms with Crippen LogP contribution in [-0.4, -0.2) is 16.5 Å². The van der Waals surface area contributed by atoms with E-state index < -0.39 is 11.0 Å². The third-order valence-electron chi connectivity index (χ3n) is 3.08. The molecule has 3 heteroatoms. The molecule has 0 aliphatic carbocycles. The smallest absolute Gasteiger partial charge is 0.0917 e. The van der Waals surface area contributed by atoms with E-state index >= 15 is 0 Å². The lowest BCUT2D eigenvalue weighted by Gasteiger charge is -2.14. The van der Waals surface area contributed by atoms with Crippen LogP contribution < -0.4 is 4.72 Å². The van der Waals surface area contributed by atoms with Gasteiger partial charge < -0.3 is 0 Å². The molecule has 2 nitrogen and oxygen atoms in total. The van der Waals surface area contributed by atoms with Gasteiger partial charge in [0.05, 0.1) is 11.0 Å². The predicted octanol–water partition coefficient (Wildman–Crippen LogP) is 3.89. The Morgan fingerprint density at radius 1 is 1.12 bits per heavy atom. The molecular formula is C14H31NOS. The minimum absolute atomic E-state index is 0.510. The van der Waals surface area contributed by atoms with E-state index in [1.807, 2.05) is 0 Å². The Morgan fingerprint density at radius 3 is 2.29 bits per heavy atom. The maximum absolute atomic E-state index is 11.5. The molecule has 0 aromatic carbocycles. The second kappa shape index (κ2) is 11.2. The van der Waals surface area contributed by atoms with E-state index in [4.69, 9.17) is 0 Å². The number of unbranched alkanes of at least 4 members (excludes halogenated alkanes) is 1. The van der Waals surface area contributed by atoms with Crippen molar-refractivity contribution in [2.24, 2.45) is 11.8 Å². The summed E-state index contributed by atoms with van der Waals surface area (Å²) in [6.07, 6.45) is 7.74. The average molecular weight is 261 g/mol. The van der Waals surface area contributed by atoms with Crippen LogP contribution in [-0.2, 0) is 11.0 Å². The number of hydrogen-bond donors (Lipinski definition) is 1. The van der Waals surface area contributed by atoms with Crippen molar-refractivity contribution in [3.05, 3.63) is 0 Å². The summed E-state index contributed by atoms with van der Waals surface area (Å²) in [6.45, 7) is 9.66. The van der Waals surface area contributed by atoms with E-state index in [9.17, 15) is 4.21 Å². The molecule has 0 bridgehead atoms. The van der Waals surface area contributed by atoms with Crippen LogP contribution in [0.4, 0.5) is 0 Å². The highest BCUT2D eigenvalue weighted by Crippen LogP contribution is 2.17. The molecular weight excluding hydrogens is 230 g/mol. The minimum Gasteiger partial charge on any atom is -0.243 e. The van der Waals surface area contributed by atoms with Crippen molar-refractivity contribution in [2.75, 3.05) is 12.3 Å². The van der Waals surface area contributed by atoms with E-state index in [1.54, 1.807) is 0 Å². The summed E-state index contributed by atoms with van der Waals surface area (Å²) in [4.78, 5) is 0. The van der Waals surface area contributed by atoms with E-state index in [2.05, 4.69) is 32.4 Å². The second-order valence-electron chi connectivity index (χ2n) is 5.36. The summed E-state index contributed by atoms with van der Waals surface area (Å²) in [5.74, 6) is 2.15. The third-order valence-corrected chi connectivity index (χ3v) is 4.58. The fourth-order valence-corrected chi connectivity index (χ4v) is 3.08. The van der Waals surface area contributed by atoms with Gasteiger partial charge >= 0.3 is 0 Å². The van der Waals surface area contributed by atoms with Crippen molar-refractivity contribution in [1.29, 1.82) is 0 Å². The van der Waals surface area contributed by atoms with Crippen molar-refractivity contribution >= 4 is 11.0 Å². The van der Waals surface area contributed by atoms with Gasteiger partial charge in [-0.15, -0.1) is 0 Å². The molecule has 0 aliphatic heterocycles. The van der Waals surface area contributed by atoms with Crippen molar-refractivity contribution in [2.45, 2.75) is 66.2 Å². The van der Waals surface area contributed by atoms with Gasteiger partial charge in [0.1, 0.15) is 0 Å². The molecule has 0 spiro atoms. The summed E-state index contributed by atoms with van der Waals surface area (Å²) in [6, 6.07) is 0. The molecule has 0 heterocycles. The van der Waals surface area contributed by atoms with E-state index in [0.29, 0.717) is 5.92 Å². The van der Waals surface area contributed by atoms with Gasteiger partial charge in [-0.25, -0.2) is 8.93 Å². The van der Waals surface area contributed by atoms with Crippen molar-refractivity contribution in [3.63, 3.8) is 0 Å². The maximum Gasteiger partial charge on any atom is 0.0917 e. The van der Waals surface area contributed by atoms with Gasteiger partial charge in [0.15, 0.2) is 0 Å². The van der Waals surface area contributed by atoms with E-state index in [1.165, 1.54) is 32.1 Å². The van der Waals surface area contributed by atoms with E-state index in [0.717, 1.165) is 24.6 Å². The summed E-state index contributed by atoms with van der Waals surface area (Å²) in [7, 11) is -0.822. The fraction of sp³-hybridized carbons (Fsp3) is 1.00. The highest BCUT2D eigenvalue weighted by molar-refractivity contribution is 7.83. The number of nitrogens with one attached hydrogen (secondary N) is 1. The quantitative estimate of drug-likeness (QED) is 0.562. The van der Waals surface area contributed by atoms with Crippen LogP contribution in [0.3, 0.4) is 0 Å². The zero-order valence-electron chi connectivity index (χ0n) is 12.1. The molecule has 0 fully saturated rings.